The van der Waals surface area contributed by atoms with Crippen LogP contribution in [0, 0.1) is 0 Å². The molecular formula is C19H23Cl2N5O. The number of likely N-dealkylation sites (N-methyl/N-ethyl adjacent to an activating group) is 1. The first-order valence-corrected chi connectivity index (χ1v) is 10.1. The Balaban J connectivity index is 1.61. The van der Waals surface area contributed by atoms with E-state index in [9.17, 15) is 4.79 Å². The number of anilines is 1. The van der Waals surface area contributed by atoms with E-state index < -0.39 is 0 Å². The van der Waals surface area contributed by atoms with Crippen LogP contribution in [0.15, 0.2) is 18.2 Å². The van der Waals surface area contributed by atoms with Crippen molar-refractivity contribution in [3.63, 3.8) is 0 Å². The minimum atomic E-state index is 0.106. The molecule has 0 aliphatic carbocycles. The number of carbonyl (C=O) groups is 1. The first-order valence-electron chi connectivity index (χ1n) is 9.38. The van der Waals surface area contributed by atoms with E-state index in [1.807, 2.05) is 41.6 Å². The Morgan fingerprint density at radius 1 is 1.22 bits per heavy atom. The van der Waals surface area contributed by atoms with E-state index in [4.69, 9.17) is 23.2 Å². The lowest BCUT2D eigenvalue weighted by molar-refractivity contribution is -0.127. The van der Waals surface area contributed by atoms with E-state index >= 15 is 0 Å². The summed E-state index contributed by atoms with van der Waals surface area (Å²) in [5.74, 6) is 2.03. The van der Waals surface area contributed by atoms with Gasteiger partial charge >= 0.3 is 0 Å². The largest absolute Gasteiger partial charge is 0.342 e. The summed E-state index contributed by atoms with van der Waals surface area (Å²) < 4.78 is 2.05. The molecule has 0 saturated carbocycles. The number of likely N-dealkylation sites (tertiary alicyclic amines) is 1. The van der Waals surface area contributed by atoms with Crippen LogP contribution in [0.4, 0.5) is 5.95 Å². The van der Waals surface area contributed by atoms with Gasteiger partial charge in [-0.25, -0.2) is 0 Å². The molecule has 27 heavy (non-hydrogen) atoms. The van der Waals surface area contributed by atoms with E-state index in [0.29, 0.717) is 16.5 Å². The molecule has 1 aromatic carbocycles. The molecule has 2 saturated heterocycles. The third-order valence-electron chi connectivity index (χ3n) is 5.69. The maximum absolute atomic E-state index is 12.1. The van der Waals surface area contributed by atoms with Crippen molar-refractivity contribution in [1.29, 1.82) is 0 Å². The fourth-order valence-corrected chi connectivity index (χ4v) is 4.57. The fraction of sp³-hybridized carbons (Fsp3) is 0.526. The van der Waals surface area contributed by atoms with Gasteiger partial charge in [0.2, 0.25) is 11.9 Å². The van der Waals surface area contributed by atoms with Crippen molar-refractivity contribution in [3.05, 3.63) is 39.6 Å². The third kappa shape index (κ3) is 3.29. The van der Waals surface area contributed by atoms with Gasteiger partial charge in [0.25, 0.3) is 0 Å². The quantitative estimate of drug-likeness (QED) is 0.773. The molecule has 2 unspecified atom stereocenters. The van der Waals surface area contributed by atoms with Crippen LogP contribution in [-0.2, 0) is 11.8 Å². The van der Waals surface area contributed by atoms with Gasteiger partial charge in [-0.2, -0.15) is 0 Å². The smallest absolute Gasteiger partial charge is 0.227 e. The Morgan fingerprint density at radius 3 is 2.74 bits per heavy atom. The third-order valence-corrected chi connectivity index (χ3v) is 6.42. The van der Waals surface area contributed by atoms with Crippen molar-refractivity contribution in [3.8, 4) is 0 Å². The molecule has 0 N–H and O–H groups in total. The number of nitrogens with zero attached hydrogens (tertiary/aromatic N) is 5. The van der Waals surface area contributed by atoms with Gasteiger partial charge in [0.05, 0.1) is 16.1 Å². The maximum atomic E-state index is 12.1. The molecule has 6 nitrogen and oxygen atoms in total. The number of hydrogen-bond acceptors (Lipinski definition) is 4. The molecular weight excluding hydrogens is 385 g/mol. The van der Waals surface area contributed by atoms with E-state index in [1.54, 1.807) is 0 Å². The highest BCUT2D eigenvalue weighted by Gasteiger charge is 2.35. The van der Waals surface area contributed by atoms with Crippen LogP contribution in [0.5, 0.6) is 0 Å². The van der Waals surface area contributed by atoms with E-state index in [-0.39, 0.29) is 17.9 Å². The second-order valence-electron chi connectivity index (χ2n) is 7.28. The number of carbonyl (C=O) groups excluding carboxylic acids is 1. The topological polar surface area (TPSA) is 54.3 Å². The summed E-state index contributed by atoms with van der Waals surface area (Å²) in [4.78, 5) is 16.3. The lowest BCUT2D eigenvalue weighted by Crippen LogP contribution is -2.26. The number of aromatic nitrogens is 3. The molecule has 1 aromatic heterocycles. The second-order valence-corrected chi connectivity index (χ2v) is 8.09. The van der Waals surface area contributed by atoms with Gasteiger partial charge in [0.15, 0.2) is 0 Å². The van der Waals surface area contributed by atoms with E-state index in [1.165, 1.54) is 0 Å². The predicted molar refractivity (Wildman–Crippen MR) is 106 cm³/mol. The summed E-state index contributed by atoms with van der Waals surface area (Å²) in [7, 11) is 1.99. The number of hydrogen-bond donors (Lipinski definition) is 0. The lowest BCUT2D eigenvalue weighted by Gasteiger charge is -2.26. The second kappa shape index (κ2) is 7.32. The maximum Gasteiger partial charge on any atom is 0.227 e. The molecule has 0 spiro atoms. The Bertz CT molecular complexity index is 868. The van der Waals surface area contributed by atoms with Gasteiger partial charge in [-0.05, 0) is 37.5 Å². The fourth-order valence-electron chi connectivity index (χ4n) is 4.26. The average Bonchev–Trinajstić information content (AvgIpc) is 3.35. The summed E-state index contributed by atoms with van der Waals surface area (Å²) in [5, 5.41) is 10.1. The highest BCUT2D eigenvalue weighted by Crippen LogP contribution is 2.38. The molecule has 0 radical (unpaired) electrons. The molecule has 1 amide bonds. The van der Waals surface area contributed by atoms with Crippen molar-refractivity contribution in [2.75, 3.05) is 24.5 Å². The van der Waals surface area contributed by atoms with Crippen LogP contribution in [0.25, 0.3) is 0 Å². The van der Waals surface area contributed by atoms with E-state index in [2.05, 4.69) is 15.1 Å². The summed E-state index contributed by atoms with van der Waals surface area (Å²) >= 11 is 12.3. The number of amides is 1. The molecule has 2 fully saturated rings. The molecule has 144 valence electrons. The molecule has 3 heterocycles. The van der Waals surface area contributed by atoms with Gasteiger partial charge in [0, 0.05) is 39.0 Å². The van der Waals surface area contributed by atoms with Gasteiger partial charge in [-0.1, -0.05) is 29.3 Å². The molecule has 2 atom stereocenters. The molecule has 4 rings (SSSR count). The minimum absolute atomic E-state index is 0.106. The number of benzene rings is 1. The van der Waals surface area contributed by atoms with Crippen molar-refractivity contribution < 1.29 is 4.79 Å². The predicted octanol–water partition coefficient (Wildman–Crippen LogP) is 3.80. The van der Waals surface area contributed by atoms with Gasteiger partial charge in [-0.15, -0.1) is 10.2 Å². The standard InChI is InChI=1S/C19H23Cl2N5O/c1-3-25-11-13(10-17(25)27)18-22-23-19(24(18)2)26-8-4-5-16(26)12-6-7-14(20)15(21)9-12/h6-7,9,13,16H,3-5,8,10-11H2,1-2H3. The zero-order valence-corrected chi connectivity index (χ0v) is 17.0. The zero-order valence-electron chi connectivity index (χ0n) is 15.5. The van der Waals surface area contributed by atoms with Crippen molar-refractivity contribution >= 4 is 35.1 Å². The van der Waals surface area contributed by atoms with Crippen LogP contribution in [0.2, 0.25) is 10.0 Å². The molecule has 2 aliphatic heterocycles. The summed E-state index contributed by atoms with van der Waals surface area (Å²) in [5.41, 5.74) is 1.14. The Labute approximate surface area is 169 Å². The summed E-state index contributed by atoms with van der Waals surface area (Å²) in [6.45, 7) is 4.39. The summed E-state index contributed by atoms with van der Waals surface area (Å²) in [6.07, 6.45) is 2.63. The highest BCUT2D eigenvalue weighted by molar-refractivity contribution is 6.42. The Morgan fingerprint density at radius 2 is 2.04 bits per heavy atom. The van der Waals surface area contributed by atoms with Gasteiger partial charge in [0.1, 0.15) is 5.82 Å². The SMILES string of the molecule is CCN1CC(c2nnc(N3CCCC3c3ccc(Cl)c(Cl)c3)n2C)CC1=O. The van der Waals surface area contributed by atoms with Crippen LogP contribution >= 0.6 is 23.2 Å². The van der Waals surface area contributed by atoms with Crippen molar-refractivity contribution in [2.45, 2.75) is 38.1 Å². The van der Waals surface area contributed by atoms with Crippen LogP contribution in [0.3, 0.4) is 0 Å². The van der Waals surface area contributed by atoms with Crippen LogP contribution in [-0.4, -0.2) is 45.2 Å². The molecule has 2 aliphatic rings. The Hall–Kier alpha value is -1.79. The normalized spacial score (nSPS) is 22.9. The van der Waals surface area contributed by atoms with E-state index in [0.717, 1.165) is 49.8 Å². The average molecular weight is 408 g/mol. The lowest BCUT2D eigenvalue weighted by atomic mass is 10.0. The molecule has 0 bridgehead atoms. The van der Waals surface area contributed by atoms with Crippen molar-refractivity contribution in [1.82, 2.24) is 19.7 Å². The number of rotatable bonds is 4. The first-order chi connectivity index (χ1) is 13.0. The first kappa shape index (κ1) is 18.6. The Kier molecular flexibility index (Phi) is 5.03. The van der Waals surface area contributed by atoms with Crippen molar-refractivity contribution in [2.24, 2.45) is 7.05 Å². The van der Waals surface area contributed by atoms with Crippen LogP contribution in [0.1, 0.15) is 49.5 Å². The van der Waals surface area contributed by atoms with Gasteiger partial charge < -0.3 is 14.4 Å². The van der Waals surface area contributed by atoms with Crippen LogP contribution < -0.4 is 4.90 Å². The molecule has 8 heteroatoms. The zero-order chi connectivity index (χ0) is 19.1. The molecule has 2 aromatic rings. The monoisotopic (exact) mass is 407 g/mol. The number of halogens is 2. The van der Waals surface area contributed by atoms with Gasteiger partial charge in [-0.3, -0.25) is 4.79 Å². The minimum Gasteiger partial charge on any atom is -0.342 e. The highest BCUT2D eigenvalue weighted by atomic mass is 35.5. The summed E-state index contributed by atoms with van der Waals surface area (Å²) in [6, 6.07) is 6.02.